The van der Waals surface area contributed by atoms with E-state index < -0.39 is 16.6 Å². The van der Waals surface area contributed by atoms with E-state index in [1.807, 2.05) is 32.0 Å². The van der Waals surface area contributed by atoms with Crippen molar-refractivity contribution in [3.05, 3.63) is 53.6 Å². The third-order valence-electron chi connectivity index (χ3n) is 7.54. The Morgan fingerprint density at radius 2 is 1.95 bits per heavy atom. The van der Waals surface area contributed by atoms with E-state index in [1.165, 1.54) is 19.4 Å². The van der Waals surface area contributed by atoms with Crippen molar-refractivity contribution in [1.82, 2.24) is 19.7 Å². The van der Waals surface area contributed by atoms with E-state index >= 15 is 0 Å². The summed E-state index contributed by atoms with van der Waals surface area (Å²) in [7, 11) is 0.533. The molecule has 5 heterocycles. The molecule has 2 fully saturated rings. The molecule has 0 bridgehead atoms. The number of aryl methyl sites for hydroxylation is 2. The highest BCUT2D eigenvalue weighted by Gasteiger charge is 2.39. The summed E-state index contributed by atoms with van der Waals surface area (Å²) in [5, 5.41) is 4.09. The van der Waals surface area contributed by atoms with Crippen LogP contribution in [0.25, 0.3) is 22.2 Å². The van der Waals surface area contributed by atoms with E-state index in [4.69, 9.17) is 14.2 Å². The number of pyridine rings is 1. The van der Waals surface area contributed by atoms with Crippen molar-refractivity contribution in [2.24, 2.45) is 0 Å². The maximum absolute atomic E-state index is 14.6. The number of carbonyl (C=O) groups excluding carboxylic acids is 1. The van der Waals surface area contributed by atoms with Crippen molar-refractivity contribution in [2.45, 2.75) is 51.6 Å². The molecule has 0 unspecified atom stereocenters. The molecule has 0 spiro atoms. The van der Waals surface area contributed by atoms with E-state index in [0.717, 1.165) is 52.3 Å². The first-order valence-electron chi connectivity index (χ1n) is 12.7. The second-order valence-electron chi connectivity index (χ2n) is 9.82. The van der Waals surface area contributed by atoms with Crippen molar-refractivity contribution in [1.29, 1.82) is 0 Å². The molecule has 0 radical (unpaired) electrons. The molecule has 11 heteroatoms. The number of ether oxygens (including phenoxy) is 1. The van der Waals surface area contributed by atoms with Crippen molar-refractivity contribution in [2.75, 3.05) is 23.5 Å². The summed E-state index contributed by atoms with van der Waals surface area (Å²) in [5.41, 5.74) is 4.81. The van der Waals surface area contributed by atoms with Gasteiger partial charge < -0.3 is 18.7 Å². The van der Waals surface area contributed by atoms with Gasteiger partial charge in [0, 0.05) is 46.4 Å². The minimum Gasteiger partial charge on any atom is -0.479 e. The Kier molecular flexibility index (Phi) is 6.25. The van der Waals surface area contributed by atoms with Crippen LogP contribution in [-0.2, 0) is 15.6 Å². The summed E-state index contributed by atoms with van der Waals surface area (Å²) in [4.78, 5) is 23.9. The van der Waals surface area contributed by atoms with Crippen LogP contribution < -0.4 is 9.64 Å². The quantitative estimate of drug-likeness (QED) is 0.360. The summed E-state index contributed by atoms with van der Waals surface area (Å²) in [5.74, 6) is 1.88. The molecular weight excluding hydrogens is 509 g/mol. The fraction of sp³-hybridized carbons (Fsp3) is 0.407. The Balaban J connectivity index is 1.49. The molecule has 1 amide bonds. The standard InChI is InChI=1S/C27H28FN5O4S/c1-15-25(16(2)37-31-15)17-4-5-22-21(12-17)30-26(33(22)18-8-10-38(35)11-9-18)23-6-7-24(34)32(23)19-13-20(28)27(36-3)29-14-19/h4-5,12-14,18,23H,6-11H2,1-3H3/t18?,23-,38?/m0/s1. The van der Waals surface area contributed by atoms with Gasteiger partial charge in [-0.1, -0.05) is 11.2 Å². The lowest BCUT2D eigenvalue weighted by Crippen LogP contribution is -2.31. The van der Waals surface area contributed by atoms with Gasteiger partial charge in [0.2, 0.25) is 11.8 Å². The van der Waals surface area contributed by atoms with Gasteiger partial charge in [-0.3, -0.25) is 9.00 Å². The molecule has 2 aliphatic rings. The van der Waals surface area contributed by atoms with Gasteiger partial charge in [0.15, 0.2) is 5.82 Å². The zero-order chi connectivity index (χ0) is 26.6. The minimum atomic E-state index is -0.820. The van der Waals surface area contributed by atoms with Gasteiger partial charge in [-0.2, -0.15) is 0 Å². The largest absolute Gasteiger partial charge is 0.479 e. The summed E-state index contributed by atoms with van der Waals surface area (Å²) in [6.07, 6.45) is 3.85. The number of halogens is 1. The van der Waals surface area contributed by atoms with Crippen LogP contribution in [0.15, 0.2) is 35.0 Å². The van der Waals surface area contributed by atoms with Crippen LogP contribution >= 0.6 is 0 Å². The first-order valence-corrected chi connectivity index (χ1v) is 14.2. The van der Waals surface area contributed by atoms with Gasteiger partial charge in [-0.15, -0.1) is 0 Å². The molecule has 0 N–H and O–H groups in total. The van der Waals surface area contributed by atoms with E-state index in [-0.39, 0.29) is 23.9 Å². The zero-order valence-electron chi connectivity index (χ0n) is 21.4. The number of fused-ring (bicyclic) bond motifs is 1. The van der Waals surface area contributed by atoms with Crippen LogP contribution in [-0.4, -0.2) is 48.4 Å². The Bertz CT molecular complexity index is 1550. The number of amides is 1. The van der Waals surface area contributed by atoms with Crippen LogP contribution in [0.4, 0.5) is 10.1 Å². The second-order valence-corrected chi connectivity index (χ2v) is 11.5. The van der Waals surface area contributed by atoms with Gasteiger partial charge in [0.1, 0.15) is 11.6 Å². The van der Waals surface area contributed by atoms with Crippen molar-refractivity contribution < 1.29 is 22.7 Å². The Hall–Kier alpha value is -3.60. The first-order chi connectivity index (χ1) is 18.4. The van der Waals surface area contributed by atoms with Crippen LogP contribution in [0.3, 0.4) is 0 Å². The third-order valence-corrected chi connectivity index (χ3v) is 8.92. The number of aromatic nitrogens is 4. The van der Waals surface area contributed by atoms with Crippen molar-refractivity contribution >= 4 is 33.4 Å². The molecule has 0 saturated carbocycles. The highest BCUT2D eigenvalue weighted by atomic mass is 32.2. The molecule has 1 aromatic carbocycles. The second kappa shape index (κ2) is 9.61. The summed E-state index contributed by atoms with van der Waals surface area (Å²) < 4.78 is 39.3. The molecule has 9 nitrogen and oxygen atoms in total. The number of methoxy groups -OCH3 is 1. The highest BCUT2D eigenvalue weighted by Crippen LogP contribution is 2.41. The van der Waals surface area contributed by atoms with Crippen molar-refractivity contribution in [3.8, 4) is 17.0 Å². The van der Waals surface area contributed by atoms with Crippen molar-refractivity contribution in [3.63, 3.8) is 0 Å². The number of anilines is 1. The molecule has 38 heavy (non-hydrogen) atoms. The molecule has 2 aliphatic heterocycles. The molecule has 6 rings (SSSR count). The topological polar surface area (TPSA) is 103 Å². The zero-order valence-corrected chi connectivity index (χ0v) is 22.3. The fourth-order valence-electron chi connectivity index (χ4n) is 5.78. The maximum Gasteiger partial charge on any atom is 0.250 e. The number of hydrogen-bond donors (Lipinski definition) is 0. The van der Waals surface area contributed by atoms with Gasteiger partial charge >= 0.3 is 0 Å². The van der Waals surface area contributed by atoms with Crippen LogP contribution in [0.1, 0.15) is 55.0 Å². The number of rotatable bonds is 5. The van der Waals surface area contributed by atoms with E-state index in [0.29, 0.717) is 30.0 Å². The molecule has 198 valence electrons. The maximum atomic E-state index is 14.6. The van der Waals surface area contributed by atoms with Gasteiger partial charge in [0.05, 0.1) is 41.8 Å². The predicted octanol–water partition coefficient (Wildman–Crippen LogP) is 4.80. The molecule has 0 aliphatic carbocycles. The lowest BCUT2D eigenvalue weighted by Gasteiger charge is -2.30. The van der Waals surface area contributed by atoms with E-state index in [2.05, 4.69) is 14.7 Å². The number of carbonyl (C=O) groups is 1. The average Bonchev–Trinajstić information content (AvgIpc) is 3.58. The molecule has 3 aromatic heterocycles. The van der Waals surface area contributed by atoms with Crippen LogP contribution in [0.2, 0.25) is 0 Å². The Morgan fingerprint density at radius 3 is 2.63 bits per heavy atom. The highest BCUT2D eigenvalue weighted by molar-refractivity contribution is 7.85. The third kappa shape index (κ3) is 4.09. The number of hydrogen-bond acceptors (Lipinski definition) is 7. The van der Waals surface area contributed by atoms with Gasteiger partial charge in [-0.25, -0.2) is 14.4 Å². The lowest BCUT2D eigenvalue weighted by molar-refractivity contribution is -0.117. The Labute approximate surface area is 221 Å². The summed E-state index contributed by atoms with van der Waals surface area (Å²) in [6.45, 7) is 3.79. The number of nitrogens with zero attached hydrogens (tertiary/aromatic N) is 5. The number of benzene rings is 1. The SMILES string of the molecule is COc1ncc(N2C(=O)CC[C@H]2c2nc3cc(-c4c(C)noc4C)ccc3n2C2CCS(=O)CC2)cc1F. The van der Waals surface area contributed by atoms with E-state index in [9.17, 15) is 13.4 Å². The molecule has 1 atom stereocenters. The molecule has 4 aromatic rings. The predicted molar refractivity (Wildman–Crippen MR) is 141 cm³/mol. The Morgan fingerprint density at radius 1 is 1.16 bits per heavy atom. The van der Waals surface area contributed by atoms with E-state index in [1.54, 1.807) is 4.90 Å². The summed E-state index contributed by atoms with van der Waals surface area (Å²) >= 11 is 0. The normalized spacial score (nSPS) is 21.9. The van der Waals surface area contributed by atoms with Crippen LogP contribution in [0.5, 0.6) is 5.88 Å². The lowest BCUT2D eigenvalue weighted by atomic mass is 10.0. The number of imidazole rings is 1. The first kappa shape index (κ1) is 24.7. The smallest absolute Gasteiger partial charge is 0.250 e. The molecular formula is C27H28FN5O4S. The van der Waals surface area contributed by atoms with Crippen LogP contribution in [0, 0.1) is 19.7 Å². The van der Waals surface area contributed by atoms with Gasteiger partial charge in [0.25, 0.3) is 0 Å². The average molecular weight is 538 g/mol. The van der Waals surface area contributed by atoms with Gasteiger partial charge in [-0.05, 0) is 50.8 Å². The fourth-order valence-corrected chi connectivity index (χ4v) is 7.05. The minimum absolute atomic E-state index is 0.0981. The monoisotopic (exact) mass is 537 g/mol. The summed E-state index contributed by atoms with van der Waals surface area (Å²) in [6, 6.07) is 7.11. The molecule has 2 saturated heterocycles.